The van der Waals surface area contributed by atoms with Gasteiger partial charge in [-0.05, 0) is 30.7 Å². The maximum absolute atomic E-state index is 12.1. The molecule has 1 heterocycles. The summed E-state index contributed by atoms with van der Waals surface area (Å²) in [7, 11) is -3.51. The predicted molar refractivity (Wildman–Crippen MR) is 73.1 cm³/mol. The molecule has 0 spiro atoms. The van der Waals surface area contributed by atoms with Gasteiger partial charge in [-0.25, -0.2) is 18.1 Å². The van der Waals surface area contributed by atoms with E-state index in [2.05, 4.69) is 14.7 Å². The van der Waals surface area contributed by atoms with Crippen LogP contribution >= 0.6 is 0 Å². The fourth-order valence-corrected chi connectivity index (χ4v) is 3.05. The SMILES string of the molecule is Cc1cc(N)ccc1S(=O)(=O)NCCc1ncc[nH]1. The van der Waals surface area contributed by atoms with Gasteiger partial charge < -0.3 is 10.7 Å². The fraction of sp³-hybridized carbons (Fsp3) is 0.250. The van der Waals surface area contributed by atoms with Crippen molar-refractivity contribution < 1.29 is 8.42 Å². The van der Waals surface area contributed by atoms with Crippen LogP contribution in [-0.4, -0.2) is 24.9 Å². The molecule has 2 rings (SSSR count). The van der Waals surface area contributed by atoms with Gasteiger partial charge in [0.2, 0.25) is 10.0 Å². The molecule has 102 valence electrons. The van der Waals surface area contributed by atoms with Gasteiger partial charge in [0.05, 0.1) is 4.90 Å². The first-order valence-corrected chi connectivity index (χ1v) is 7.31. The molecule has 4 N–H and O–H groups in total. The minimum atomic E-state index is -3.51. The highest BCUT2D eigenvalue weighted by molar-refractivity contribution is 7.89. The molecule has 0 amide bonds. The van der Waals surface area contributed by atoms with Gasteiger partial charge in [-0.15, -0.1) is 0 Å². The Morgan fingerprint density at radius 2 is 2.21 bits per heavy atom. The molecule has 0 saturated heterocycles. The number of benzene rings is 1. The standard InChI is InChI=1S/C12H16N4O2S/c1-9-8-10(13)2-3-11(9)19(17,18)16-5-4-12-14-6-7-15-12/h2-3,6-8,16H,4-5,13H2,1H3,(H,14,15). The van der Waals surface area contributed by atoms with Crippen molar-refractivity contribution in [2.75, 3.05) is 12.3 Å². The Balaban J connectivity index is 2.05. The van der Waals surface area contributed by atoms with Gasteiger partial charge in [0, 0.05) is 31.0 Å². The molecule has 0 fully saturated rings. The molecule has 1 aromatic heterocycles. The van der Waals surface area contributed by atoms with Crippen molar-refractivity contribution in [1.29, 1.82) is 0 Å². The zero-order valence-electron chi connectivity index (χ0n) is 10.6. The fourth-order valence-electron chi connectivity index (χ4n) is 1.79. The molecule has 6 nitrogen and oxygen atoms in total. The van der Waals surface area contributed by atoms with Crippen LogP contribution < -0.4 is 10.5 Å². The van der Waals surface area contributed by atoms with Gasteiger partial charge in [0.15, 0.2) is 0 Å². The molecule has 7 heteroatoms. The highest BCUT2D eigenvalue weighted by atomic mass is 32.2. The van der Waals surface area contributed by atoms with E-state index in [0.717, 1.165) is 5.82 Å². The van der Waals surface area contributed by atoms with Crippen molar-refractivity contribution in [3.63, 3.8) is 0 Å². The summed E-state index contributed by atoms with van der Waals surface area (Å²) in [6.45, 7) is 2.01. The van der Waals surface area contributed by atoms with Crippen LogP contribution in [0.5, 0.6) is 0 Å². The first kappa shape index (κ1) is 13.6. The average Bonchev–Trinajstić information content (AvgIpc) is 2.81. The van der Waals surface area contributed by atoms with Crippen molar-refractivity contribution >= 4 is 15.7 Å². The molecule has 0 saturated carbocycles. The second kappa shape index (κ2) is 5.41. The van der Waals surface area contributed by atoms with E-state index in [0.29, 0.717) is 24.2 Å². The number of H-pyrrole nitrogens is 1. The zero-order chi connectivity index (χ0) is 13.9. The van der Waals surface area contributed by atoms with Crippen LogP contribution in [0, 0.1) is 6.92 Å². The van der Waals surface area contributed by atoms with Gasteiger partial charge in [-0.2, -0.15) is 0 Å². The van der Waals surface area contributed by atoms with Gasteiger partial charge in [-0.3, -0.25) is 0 Å². The number of nitrogen functional groups attached to an aromatic ring is 1. The third-order valence-corrected chi connectivity index (χ3v) is 4.32. The molecule has 19 heavy (non-hydrogen) atoms. The topological polar surface area (TPSA) is 101 Å². The van der Waals surface area contributed by atoms with E-state index in [1.807, 2.05) is 0 Å². The van der Waals surface area contributed by atoms with E-state index in [1.165, 1.54) is 6.07 Å². The zero-order valence-corrected chi connectivity index (χ0v) is 11.4. The highest BCUT2D eigenvalue weighted by Crippen LogP contribution is 2.17. The van der Waals surface area contributed by atoms with E-state index in [1.54, 1.807) is 31.5 Å². The number of nitrogens with zero attached hydrogens (tertiary/aromatic N) is 1. The average molecular weight is 280 g/mol. The summed E-state index contributed by atoms with van der Waals surface area (Å²) in [5.41, 5.74) is 6.79. The summed E-state index contributed by atoms with van der Waals surface area (Å²) >= 11 is 0. The number of aryl methyl sites for hydroxylation is 1. The van der Waals surface area contributed by atoms with Gasteiger partial charge >= 0.3 is 0 Å². The monoisotopic (exact) mass is 280 g/mol. The van der Waals surface area contributed by atoms with E-state index in [-0.39, 0.29) is 4.90 Å². The first-order chi connectivity index (χ1) is 8.99. The Bertz CT molecular complexity index is 650. The lowest BCUT2D eigenvalue weighted by Crippen LogP contribution is -2.26. The molecule has 0 radical (unpaired) electrons. The molecule has 1 aromatic carbocycles. The molecule has 0 aliphatic rings. The Morgan fingerprint density at radius 1 is 1.42 bits per heavy atom. The summed E-state index contributed by atoms with van der Waals surface area (Å²) < 4.78 is 26.8. The van der Waals surface area contributed by atoms with Crippen LogP contribution in [0.2, 0.25) is 0 Å². The number of rotatable bonds is 5. The van der Waals surface area contributed by atoms with E-state index in [4.69, 9.17) is 5.73 Å². The number of nitrogens with one attached hydrogen (secondary N) is 2. The molecule has 0 aliphatic carbocycles. The van der Waals surface area contributed by atoms with Crippen molar-refractivity contribution in [2.24, 2.45) is 0 Å². The Labute approximate surface area is 112 Å². The minimum Gasteiger partial charge on any atom is -0.399 e. The Morgan fingerprint density at radius 3 is 2.84 bits per heavy atom. The quantitative estimate of drug-likeness (QED) is 0.706. The summed E-state index contributed by atoms with van der Waals surface area (Å²) in [5.74, 6) is 0.747. The lowest BCUT2D eigenvalue weighted by Gasteiger charge is -2.09. The number of sulfonamides is 1. The molecular formula is C12H16N4O2S. The maximum Gasteiger partial charge on any atom is 0.240 e. The number of nitrogens with two attached hydrogens (primary N) is 1. The van der Waals surface area contributed by atoms with Crippen LogP contribution in [0.25, 0.3) is 0 Å². The third kappa shape index (κ3) is 3.33. The largest absolute Gasteiger partial charge is 0.399 e. The van der Waals surface area contributed by atoms with Crippen molar-refractivity contribution in [3.05, 3.63) is 42.0 Å². The van der Waals surface area contributed by atoms with Crippen LogP contribution in [0.1, 0.15) is 11.4 Å². The summed E-state index contributed by atoms with van der Waals surface area (Å²) in [6, 6.07) is 4.73. The Hall–Kier alpha value is -1.86. The van der Waals surface area contributed by atoms with Gasteiger partial charge in [-0.1, -0.05) is 0 Å². The van der Waals surface area contributed by atoms with Crippen LogP contribution in [0.4, 0.5) is 5.69 Å². The van der Waals surface area contributed by atoms with Crippen LogP contribution in [0.3, 0.4) is 0 Å². The second-order valence-electron chi connectivity index (χ2n) is 4.21. The predicted octanol–water partition coefficient (Wildman–Crippen LogP) is 0.821. The first-order valence-electron chi connectivity index (χ1n) is 5.83. The summed E-state index contributed by atoms with van der Waals surface area (Å²) in [4.78, 5) is 7.20. The normalized spacial score (nSPS) is 11.6. The number of aromatic nitrogens is 2. The van der Waals surface area contributed by atoms with Gasteiger partial charge in [0.1, 0.15) is 5.82 Å². The van der Waals surface area contributed by atoms with Crippen molar-refractivity contribution in [2.45, 2.75) is 18.2 Å². The minimum absolute atomic E-state index is 0.251. The van der Waals surface area contributed by atoms with Crippen molar-refractivity contribution in [3.8, 4) is 0 Å². The lowest BCUT2D eigenvalue weighted by atomic mass is 10.2. The molecular weight excluding hydrogens is 264 g/mol. The smallest absolute Gasteiger partial charge is 0.240 e. The molecule has 0 atom stereocenters. The number of aromatic amines is 1. The summed E-state index contributed by atoms with van der Waals surface area (Å²) in [5, 5.41) is 0. The molecule has 2 aromatic rings. The molecule has 0 unspecified atom stereocenters. The number of hydrogen-bond acceptors (Lipinski definition) is 4. The molecule has 0 aliphatic heterocycles. The number of imidazole rings is 1. The van der Waals surface area contributed by atoms with E-state index < -0.39 is 10.0 Å². The summed E-state index contributed by atoms with van der Waals surface area (Å²) in [6.07, 6.45) is 3.85. The molecule has 0 bridgehead atoms. The van der Waals surface area contributed by atoms with E-state index in [9.17, 15) is 8.42 Å². The highest BCUT2D eigenvalue weighted by Gasteiger charge is 2.16. The van der Waals surface area contributed by atoms with E-state index >= 15 is 0 Å². The maximum atomic E-state index is 12.1. The van der Waals surface area contributed by atoms with Crippen LogP contribution in [0.15, 0.2) is 35.5 Å². The number of anilines is 1. The van der Waals surface area contributed by atoms with Crippen LogP contribution in [-0.2, 0) is 16.4 Å². The Kier molecular flexibility index (Phi) is 3.87. The lowest BCUT2D eigenvalue weighted by molar-refractivity contribution is 0.580. The van der Waals surface area contributed by atoms with Crippen molar-refractivity contribution in [1.82, 2.24) is 14.7 Å². The number of hydrogen-bond donors (Lipinski definition) is 3. The third-order valence-electron chi connectivity index (χ3n) is 2.70. The van der Waals surface area contributed by atoms with Gasteiger partial charge in [0.25, 0.3) is 0 Å². The second-order valence-corrected chi connectivity index (χ2v) is 5.94.